The summed E-state index contributed by atoms with van der Waals surface area (Å²) >= 11 is 0. The van der Waals surface area contributed by atoms with Crippen LogP contribution < -0.4 is 5.32 Å². The number of rotatable bonds is 2. The SMILES string of the molecule is Cc1cc(NC(=O)c2nn(C)c3ccccc23)n[nH]1. The van der Waals surface area contributed by atoms with Gasteiger partial charge in [-0.25, -0.2) is 0 Å². The summed E-state index contributed by atoms with van der Waals surface area (Å²) in [7, 11) is 1.82. The second kappa shape index (κ2) is 4.24. The first-order valence-electron chi connectivity index (χ1n) is 5.90. The first-order chi connectivity index (χ1) is 9.15. The Morgan fingerprint density at radius 1 is 1.37 bits per heavy atom. The number of nitrogens with one attached hydrogen (secondary N) is 2. The molecule has 6 nitrogen and oxygen atoms in total. The van der Waals surface area contributed by atoms with E-state index in [4.69, 9.17) is 0 Å². The summed E-state index contributed by atoms with van der Waals surface area (Å²) in [6.45, 7) is 1.87. The maximum atomic E-state index is 12.2. The monoisotopic (exact) mass is 255 g/mol. The highest BCUT2D eigenvalue weighted by Gasteiger charge is 2.16. The fraction of sp³-hybridized carbons (Fsp3) is 0.154. The van der Waals surface area contributed by atoms with Gasteiger partial charge in [0, 0.05) is 24.2 Å². The van der Waals surface area contributed by atoms with Gasteiger partial charge in [-0.1, -0.05) is 18.2 Å². The van der Waals surface area contributed by atoms with Crippen LogP contribution in [0.15, 0.2) is 30.3 Å². The van der Waals surface area contributed by atoms with E-state index in [-0.39, 0.29) is 5.91 Å². The van der Waals surface area contributed by atoms with Gasteiger partial charge in [-0.3, -0.25) is 14.6 Å². The highest BCUT2D eigenvalue weighted by atomic mass is 16.2. The minimum atomic E-state index is -0.261. The average molecular weight is 255 g/mol. The van der Waals surface area contributed by atoms with Crippen molar-refractivity contribution in [3.05, 3.63) is 41.7 Å². The molecule has 6 heteroatoms. The standard InChI is InChI=1S/C13H13N5O/c1-8-7-11(16-15-8)14-13(19)12-9-5-3-4-6-10(9)18(2)17-12/h3-7H,1-2H3,(H2,14,15,16,19). The van der Waals surface area contributed by atoms with E-state index in [1.807, 2.05) is 38.2 Å². The minimum Gasteiger partial charge on any atom is -0.304 e. The van der Waals surface area contributed by atoms with Crippen LogP contribution in [0.5, 0.6) is 0 Å². The number of amides is 1. The van der Waals surface area contributed by atoms with E-state index < -0.39 is 0 Å². The molecule has 0 fully saturated rings. The van der Waals surface area contributed by atoms with E-state index in [0.29, 0.717) is 11.5 Å². The second-order valence-corrected chi connectivity index (χ2v) is 4.38. The quantitative estimate of drug-likeness (QED) is 0.733. The third kappa shape index (κ3) is 1.97. The first kappa shape index (κ1) is 11.5. The van der Waals surface area contributed by atoms with Crippen molar-refractivity contribution in [1.82, 2.24) is 20.0 Å². The molecular formula is C13H13N5O. The highest BCUT2D eigenvalue weighted by Crippen LogP contribution is 2.18. The van der Waals surface area contributed by atoms with Crippen molar-refractivity contribution in [2.24, 2.45) is 7.05 Å². The fourth-order valence-corrected chi connectivity index (χ4v) is 2.04. The summed E-state index contributed by atoms with van der Waals surface area (Å²) in [4.78, 5) is 12.2. The van der Waals surface area contributed by atoms with Crippen molar-refractivity contribution < 1.29 is 4.79 Å². The molecule has 2 heterocycles. The van der Waals surface area contributed by atoms with Crippen molar-refractivity contribution in [2.75, 3.05) is 5.32 Å². The lowest BCUT2D eigenvalue weighted by Crippen LogP contribution is -2.13. The van der Waals surface area contributed by atoms with Crippen LogP contribution in [0.4, 0.5) is 5.82 Å². The summed E-state index contributed by atoms with van der Waals surface area (Å²) in [5.74, 6) is 0.237. The summed E-state index contributed by atoms with van der Waals surface area (Å²) in [6.07, 6.45) is 0. The zero-order valence-electron chi connectivity index (χ0n) is 10.6. The number of nitrogens with zero attached hydrogens (tertiary/aromatic N) is 3. The highest BCUT2D eigenvalue weighted by molar-refractivity contribution is 6.10. The summed E-state index contributed by atoms with van der Waals surface area (Å²) in [6, 6.07) is 9.39. The lowest BCUT2D eigenvalue weighted by atomic mass is 10.2. The number of H-pyrrole nitrogens is 1. The number of hydrogen-bond acceptors (Lipinski definition) is 3. The summed E-state index contributed by atoms with van der Waals surface area (Å²) in [5, 5.41) is 14.6. The number of fused-ring (bicyclic) bond motifs is 1. The van der Waals surface area contributed by atoms with Crippen molar-refractivity contribution in [3.8, 4) is 0 Å². The third-order valence-electron chi connectivity index (χ3n) is 2.92. The molecule has 0 bridgehead atoms. The van der Waals surface area contributed by atoms with Crippen LogP contribution in [0.1, 0.15) is 16.2 Å². The van der Waals surface area contributed by atoms with Crippen LogP contribution >= 0.6 is 0 Å². The summed E-state index contributed by atoms with van der Waals surface area (Å²) < 4.78 is 1.69. The molecule has 19 heavy (non-hydrogen) atoms. The number of aryl methyl sites for hydroxylation is 2. The molecule has 2 N–H and O–H groups in total. The van der Waals surface area contributed by atoms with E-state index in [1.54, 1.807) is 10.7 Å². The lowest BCUT2D eigenvalue weighted by Gasteiger charge is -1.98. The topological polar surface area (TPSA) is 75.6 Å². The van der Waals surface area contributed by atoms with Crippen molar-refractivity contribution in [1.29, 1.82) is 0 Å². The van der Waals surface area contributed by atoms with Gasteiger partial charge in [-0.05, 0) is 13.0 Å². The Balaban J connectivity index is 1.98. The molecule has 1 amide bonds. The number of hydrogen-bond donors (Lipinski definition) is 2. The fourth-order valence-electron chi connectivity index (χ4n) is 2.04. The van der Waals surface area contributed by atoms with E-state index in [1.165, 1.54) is 0 Å². The van der Waals surface area contributed by atoms with Crippen LogP contribution in [-0.4, -0.2) is 25.9 Å². The van der Waals surface area contributed by atoms with Gasteiger partial charge >= 0.3 is 0 Å². The van der Waals surface area contributed by atoms with E-state index in [9.17, 15) is 4.79 Å². The van der Waals surface area contributed by atoms with Crippen LogP contribution in [0.25, 0.3) is 10.9 Å². The molecule has 0 radical (unpaired) electrons. The average Bonchev–Trinajstić information content (AvgIpc) is 2.95. The molecule has 0 aliphatic rings. The maximum Gasteiger partial charge on any atom is 0.278 e. The van der Waals surface area contributed by atoms with Crippen molar-refractivity contribution in [3.63, 3.8) is 0 Å². The van der Waals surface area contributed by atoms with Gasteiger partial charge < -0.3 is 5.32 Å². The number of para-hydroxylation sites is 1. The zero-order valence-corrected chi connectivity index (χ0v) is 10.6. The Morgan fingerprint density at radius 3 is 2.89 bits per heavy atom. The molecule has 0 aliphatic heterocycles. The van der Waals surface area contributed by atoms with Gasteiger partial charge in [0.2, 0.25) is 0 Å². The Bertz CT molecular complexity index is 755. The molecular weight excluding hydrogens is 242 g/mol. The molecule has 0 spiro atoms. The van der Waals surface area contributed by atoms with Crippen molar-refractivity contribution >= 4 is 22.6 Å². The molecule has 0 saturated carbocycles. The normalized spacial score (nSPS) is 10.8. The number of anilines is 1. The maximum absolute atomic E-state index is 12.2. The van der Waals surface area contributed by atoms with E-state index in [0.717, 1.165) is 16.6 Å². The molecule has 0 atom stereocenters. The zero-order chi connectivity index (χ0) is 13.4. The number of aromatic amines is 1. The van der Waals surface area contributed by atoms with Gasteiger partial charge in [0.25, 0.3) is 5.91 Å². The Morgan fingerprint density at radius 2 is 2.16 bits per heavy atom. The smallest absolute Gasteiger partial charge is 0.278 e. The van der Waals surface area contributed by atoms with Crippen LogP contribution in [0.2, 0.25) is 0 Å². The molecule has 2 aromatic heterocycles. The molecule has 0 unspecified atom stereocenters. The Labute approximate surface area is 109 Å². The van der Waals surface area contributed by atoms with Crippen LogP contribution in [-0.2, 0) is 7.05 Å². The van der Waals surface area contributed by atoms with E-state index in [2.05, 4.69) is 20.6 Å². The van der Waals surface area contributed by atoms with Gasteiger partial charge in [0.05, 0.1) is 5.52 Å². The minimum absolute atomic E-state index is 0.261. The summed E-state index contributed by atoms with van der Waals surface area (Å²) in [5.41, 5.74) is 2.21. The number of aromatic nitrogens is 4. The predicted molar refractivity (Wildman–Crippen MR) is 72.0 cm³/mol. The first-order valence-corrected chi connectivity index (χ1v) is 5.90. The molecule has 0 saturated heterocycles. The van der Waals surface area contributed by atoms with Crippen LogP contribution in [0, 0.1) is 6.92 Å². The Hall–Kier alpha value is -2.63. The number of carbonyl (C=O) groups excluding carboxylic acids is 1. The molecule has 96 valence electrons. The molecule has 3 aromatic rings. The Kier molecular flexibility index (Phi) is 2.56. The largest absolute Gasteiger partial charge is 0.304 e. The predicted octanol–water partition coefficient (Wildman–Crippen LogP) is 1.86. The van der Waals surface area contributed by atoms with Gasteiger partial charge in [-0.2, -0.15) is 10.2 Å². The van der Waals surface area contributed by atoms with Gasteiger partial charge in [0.1, 0.15) is 0 Å². The van der Waals surface area contributed by atoms with Gasteiger partial charge in [-0.15, -0.1) is 0 Å². The molecule has 0 aliphatic carbocycles. The third-order valence-corrected chi connectivity index (χ3v) is 2.92. The molecule has 1 aromatic carbocycles. The second-order valence-electron chi connectivity index (χ2n) is 4.38. The van der Waals surface area contributed by atoms with E-state index >= 15 is 0 Å². The number of benzene rings is 1. The van der Waals surface area contributed by atoms with Crippen molar-refractivity contribution in [2.45, 2.75) is 6.92 Å². The molecule has 3 rings (SSSR count). The lowest BCUT2D eigenvalue weighted by molar-refractivity contribution is 0.102. The van der Waals surface area contributed by atoms with Crippen LogP contribution in [0.3, 0.4) is 0 Å². The number of carbonyl (C=O) groups is 1. The van der Waals surface area contributed by atoms with Gasteiger partial charge in [0.15, 0.2) is 11.5 Å².